The molecular weight excluding hydrogens is 263 g/mol. The summed E-state index contributed by atoms with van der Waals surface area (Å²) in [5.41, 5.74) is 0.482. The lowest BCUT2D eigenvalue weighted by Gasteiger charge is -2.21. The standard InChI is InChI=1S/C14H19FN2OS/c1-16(8-9-17-6-2-3-7-17)14(18)11-4-5-12(15)13(19)10-11/h4-5,10,19H,2-3,6-9H2,1H3. The van der Waals surface area contributed by atoms with Crippen LogP contribution in [0.5, 0.6) is 0 Å². The quantitative estimate of drug-likeness (QED) is 0.857. The lowest BCUT2D eigenvalue weighted by molar-refractivity contribution is 0.0782. The van der Waals surface area contributed by atoms with Crippen molar-refractivity contribution in [3.8, 4) is 0 Å². The Morgan fingerprint density at radius 3 is 2.74 bits per heavy atom. The van der Waals surface area contributed by atoms with E-state index in [1.165, 1.54) is 31.0 Å². The molecule has 0 radical (unpaired) electrons. The molecule has 0 saturated carbocycles. The second kappa shape index (κ2) is 6.39. The second-order valence-electron chi connectivity index (χ2n) is 4.94. The number of likely N-dealkylation sites (tertiary alicyclic amines) is 1. The van der Waals surface area contributed by atoms with Crippen LogP contribution in [0.15, 0.2) is 23.1 Å². The van der Waals surface area contributed by atoms with Gasteiger partial charge in [-0.2, -0.15) is 0 Å². The third kappa shape index (κ3) is 3.70. The van der Waals surface area contributed by atoms with E-state index in [-0.39, 0.29) is 10.8 Å². The zero-order valence-corrected chi connectivity index (χ0v) is 12.0. The maximum atomic E-state index is 13.1. The van der Waals surface area contributed by atoms with Gasteiger partial charge in [0.25, 0.3) is 5.91 Å². The summed E-state index contributed by atoms with van der Waals surface area (Å²) in [6.45, 7) is 3.84. The smallest absolute Gasteiger partial charge is 0.253 e. The summed E-state index contributed by atoms with van der Waals surface area (Å²) in [4.78, 5) is 16.4. The number of benzene rings is 1. The van der Waals surface area contributed by atoms with Crippen LogP contribution >= 0.6 is 12.6 Å². The number of halogens is 1. The van der Waals surface area contributed by atoms with Crippen LogP contribution in [-0.2, 0) is 0 Å². The van der Waals surface area contributed by atoms with Crippen molar-refractivity contribution >= 4 is 18.5 Å². The molecule has 1 saturated heterocycles. The SMILES string of the molecule is CN(CCN1CCCC1)C(=O)c1ccc(F)c(S)c1. The molecule has 104 valence electrons. The van der Waals surface area contributed by atoms with Crippen LogP contribution in [0, 0.1) is 5.82 Å². The molecule has 2 rings (SSSR count). The van der Waals surface area contributed by atoms with E-state index in [0.29, 0.717) is 12.1 Å². The summed E-state index contributed by atoms with van der Waals surface area (Å²) >= 11 is 4.00. The van der Waals surface area contributed by atoms with Gasteiger partial charge < -0.3 is 9.80 Å². The Kier molecular flexibility index (Phi) is 4.82. The number of thiol groups is 1. The molecule has 1 aromatic rings. The van der Waals surface area contributed by atoms with Gasteiger partial charge >= 0.3 is 0 Å². The van der Waals surface area contributed by atoms with Crippen LogP contribution in [-0.4, -0.2) is 48.9 Å². The van der Waals surface area contributed by atoms with Gasteiger partial charge in [-0.3, -0.25) is 4.79 Å². The summed E-state index contributed by atoms with van der Waals surface area (Å²) < 4.78 is 13.1. The molecule has 1 heterocycles. The molecule has 1 amide bonds. The number of likely N-dealkylation sites (N-methyl/N-ethyl adjacent to an activating group) is 1. The Hall–Kier alpha value is -1.07. The van der Waals surface area contributed by atoms with Crippen molar-refractivity contribution in [2.75, 3.05) is 33.2 Å². The summed E-state index contributed by atoms with van der Waals surface area (Å²) in [5, 5.41) is 0. The van der Waals surface area contributed by atoms with E-state index in [9.17, 15) is 9.18 Å². The van der Waals surface area contributed by atoms with Gasteiger partial charge in [-0.15, -0.1) is 12.6 Å². The molecule has 3 nitrogen and oxygen atoms in total. The van der Waals surface area contributed by atoms with Gasteiger partial charge in [0.1, 0.15) is 5.82 Å². The first-order chi connectivity index (χ1) is 9.08. The average molecular weight is 282 g/mol. The van der Waals surface area contributed by atoms with E-state index in [1.54, 1.807) is 11.9 Å². The number of carbonyl (C=O) groups is 1. The van der Waals surface area contributed by atoms with Crippen molar-refractivity contribution in [2.45, 2.75) is 17.7 Å². The lowest BCUT2D eigenvalue weighted by atomic mass is 10.2. The van der Waals surface area contributed by atoms with Gasteiger partial charge in [-0.1, -0.05) is 0 Å². The molecule has 1 aliphatic rings. The van der Waals surface area contributed by atoms with E-state index in [1.807, 2.05) is 0 Å². The number of carbonyl (C=O) groups excluding carboxylic acids is 1. The fourth-order valence-corrected chi connectivity index (χ4v) is 2.48. The molecule has 0 atom stereocenters. The minimum atomic E-state index is -0.403. The Balaban J connectivity index is 1.92. The van der Waals surface area contributed by atoms with Gasteiger partial charge in [0.2, 0.25) is 0 Å². The number of amides is 1. The third-order valence-corrected chi connectivity index (χ3v) is 3.83. The maximum absolute atomic E-state index is 13.1. The highest BCUT2D eigenvalue weighted by molar-refractivity contribution is 7.80. The first kappa shape index (κ1) is 14.3. The van der Waals surface area contributed by atoms with E-state index < -0.39 is 5.82 Å². The molecule has 0 unspecified atom stereocenters. The predicted octanol–water partition coefficient (Wildman–Crippen LogP) is 2.28. The Morgan fingerprint density at radius 1 is 1.42 bits per heavy atom. The topological polar surface area (TPSA) is 23.6 Å². The van der Waals surface area contributed by atoms with Gasteiger partial charge in [-0.25, -0.2) is 4.39 Å². The highest BCUT2D eigenvalue weighted by Crippen LogP contribution is 2.15. The van der Waals surface area contributed by atoms with Crippen molar-refractivity contribution < 1.29 is 9.18 Å². The largest absolute Gasteiger partial charge is 0.340 e. The van der Waals surface area contributed by atoms with Crippen LogP contribution in [0.25, 0.3) is 0 Å². The average Bonchev–Trinajstić information content (AvgIpc) is 2.91. The number of hydrogen-bond donors (Lipinski definition) is 1. The van der Waals surface area contributed by atoms with Crippen molar-refractivity contribution in [3.63, 3.8) is 0 Å². The van der Waals surface area contributed by atoms with E-state index in [2.05, 4.69) is 17.5 Å². The summed E-state index contributed by atoms with van der Waals surface area (Å²) in [6, 6.07) is 4.26. The lowest BCUT2D eigenvalue weighted by Crippen LogP contribution is -2.35. The van der Waals surface area contributed by atoms with Crippen molar-refractivity contribution in [1.82, 2.24) is 9.80 Å². The van der Waals surface area contributed by atoms with Crippen molar-refractivity contribution in [1.29, 1.82) is 0 Å². The van der Waals surface area contributed by atoms with E-state index in [4.69, 9.17) is 0 Å². The first-order valence-electron chi connectivity index (χ1n) is 6.54. The minimum Gasteiger partial charge on any atom is -0.340 e. The highest BCUT2D eigenvalue weighted by atomic mass is 32.1. The third-order valence-electron chi connectivity index (χ3n) is 3.49. The Morgan fingerprint density at radius 2 is 2.11 bits per heavy atom. The molecule has 0 spiro atoms. The molecule has 0 N–H and O–H groups in total. The second-order valence-corrected chi connectivity index (χ2v) is 5.42. The zero-order chi connectivity index (χ0) is 13.8. The van der Waals surface area contributed by atoms with Crippen LogP contribution in [0.1, 0.15) is 23.2 Å². The van der Waals surface area contributed by atoms with Gasteiger partial charge in [0, 0.05) is 30.6 Å². The van der Waals surface area contributed by atoms with Crippen LogP contribution in [0.2, 0.25) is 0 Å². The fourth-order valence-electron chi connectivity index (χ4n) is 2.27. The first-order valence-corrected chi connectivity index (χ1v) is 6.99. The fraction of sp³-hybridized carbons (Fsp3) is 0.500. The molecule has 5 heteroatoms. The molecule has 0 aromatic heterocycles. The van der Waals surface area contributed by atoms with Gasteiger partial charge in [0.05, 0.1) is 0 Å². The molecule has 0 aliphatic carbocycles. The maximum Gasteiger partial charge on any atom is 0.253 e. The molecule has 1 aliphatic heterocycles. The number of rotatable bonds is 4. The molecule has 1 fully saturated rings. The van der Waals surface area contributed by atoms with Crippen LogP contribution in [0.3, 0.4) is 0 Å². The molecule has 0 bridgehead atoms. The molecule has 19 heavy (non-hydrogen) atoms. The van der Waals surface area contributed by atoms with Gasteiger partial charge in [-0.05, 0) is 44.1 Å². The van der Waals surface area contributed by atoms with Crippen LogP contribution < -0.4 is 0 Å². The Labute approximate surface area is 118 Å². The van der Waals surface area contributed by atoms with Crippen molar-refractivity contribution in [3.05, 3.63) is 29.6 Å². The molecular formula is C14H19FN2OS. The summed E-state index contributed by atoms with van der Waals surface area (Å²) in [5.74, 6) is -0.492. The van der Waals surface area contributed by atoms with Gasteiger partial charge in [0.15, 0.2) is 0 Å². The van der Waals surface area contributed by atoms with E-state index in [0.717, 1.165) is 19.6 Å². The molecule has 1 aromatic carbocycles. The highest BCUT2D eigenvalue weighted by Gasteiger charge is 2.16. The summed E-state index contributed by atoms with van der Waals surface area (Å²) in [7, 11) is 1.78. The van der Waals surface area contributed by atoms with E-state index >= 15 is 0 Å². The number of nitrogens with zero attached hydrogens (tertiary/aromatic N) is 2. The summed E-state index contributed by atoms with van der Waals surface area (Å²) in [6.07, 6.45) is 2.50. The van der Waals surface area contributed by atoms with Crippen molar-refractivity contribution in [2.24, 2.45) is 0 Å². The monoisotopic (exact) mass is 282 g/mol. The minimum absolute atomic E-state index is 0.0884. The zero-order valence-electron chi connectivity index (χ0n) is 11.1. The number of hydrogen-bond acceptors (Lipinski definition) is 3. The van der Waals surface area contributed by atoms with Crippen LogP contribution in [0.4, 0.5) is 4.39 Å². The Bertz CT molecular complexity index is 461. The predicted molar refractivity (Wildman–Crippen MR) is 76.3 cm³/mol. The normalized spacial score (nSPS) is 15.7.